The Kier molecular flexibility index (Phi) is 35.2. The van der Waals surface area contributed by atoms with Gasteiger partial charge in [0.2, 0.25) is 0 Å². The Labute approximate surface area is 305 Å². The maximum atomic E-state index is 12.3. The maximum absolute atomic E-state index is 12.3. The number of rotatable bonds is 38. The molecule has 0 bridgehead atoms. The number of aliphatic hydroxyl groups excluding tert-OH is 2. The largest absolute Gasteiger partial charge is 0.472 e. The van der Waals surface area contributed by atoms with Gasteiger partial charge in [0, 0.05) is 12.8 Å². The third-order valence-corrected chi connectivity index (χ3v) is 9.68. The lowest BCUT2D eigenvalue weighted by molar-refractivity contribution is -0.153. The average molecular weight is 735 g/mol. The number of hydrogen-bond donors (Lipinski definition) is 3. The van der Waals surface area contributed by atoms with Gasteiger partial charge in [-0.15, -0.1) is 0 Å². The predicted octanol–water partition coefficient (Wildman–Crippen LogP) is 10.1. The van der Waals surface area contributed by atoms with Crippen LogP contribution < -0.4 is 0 Å². The van der Waals surface area contributed by atoms with Crippen LogP contribution in [0.1, 0.15) is 187 Å². The first-order valence-corrected chi connectivity index (χ1v) is 21.6. The van der Waals surface area contributed by atoms with Crippen molar-refractivity contribution in [2.24, 2.45) is 0 Å². The second kappa shape index (κ2) is 36.1. The summed E-state index contributed by atoms with van der Waals surface area (Å²) in [7, 11) is -4.63. The fourth-order valence-electron chi connectivity index (χ4n) is 5.58. The molecule has 0 saturated carbocycles. The minimum absolute atomic E-state index is 0.185. The lowest BCUT2D eigenvalue weighted by Gasteiger charge is -2.20. The van der Waals surface area contributed by atoms with Crippen LogP contribution in [0, 0.1) is 0 Å². The molecule has 3 unspecified atom stereocenters. The minimum Gasteiger partial charge on any atom is -0.457 e. The first-order chi connectivity index (χ1) is 24.3. The monoisotopic (exact) mass is 735 g/mol. The molecule has 0 aromatic rings. The van der Waals surface area contributed by atoms with Crippen LogP contribution in [-0.4, -0.2) is 65.7 Å². The van der Waals surface area contributed by atoms with Crippen molar-refractivity contribution in [3.63, 3.8) is 0 Å². The molecule has 0 aliphatic carbocycles. The molecule has 0 aliphatic rings. The van der Waals surface area contributed by atoms with E-state index in [1.54, 1.807) is 0 Å². The van der Waals surface area contributed by atoms with Crippen LogP contribution in [0.4, 0.5) is 0 Å². The zero-order valence-corrected chi connectivity index (χ0v) is 32.8. The van der Waals surface area contributed by atoms with Gasteiger partial charge in [-0.3, -0.25) is 18.6 Å². The van der Waals surface area contributed by atoms with Gasteiger partial charge in [0.25, 0.3) is 0 Å². The molecule has 0 saturated heterocycles. The lowest BCUT2D eigenvalue weighted by atomic mass is 10.0. The van der Waals surface area contributed by atoms with E-state index in [-0.39, 0.29) is 12.8 Å². The van der Waals surface area contributed by atoms with Crippen molar-refractivity contribution in [2.75, 3.05) is 26.4 Å². The molecule has 0 amide bonds. The van der Waals surface area contributed by atoms with Gasteiger partial charge in [0.15, 0.2) is 0 Å². The van der Waals surface area contributed by atoms with Crippen LogP contribution in [0.5, 0.6) is 0 Å². The molecule has 0 radical (unpaired) electrons. The van der Waals surface area contributed by atoms with E-state index in [4.69, 9.17) is 18.5 Å². The average Bonchev–Trinajstić information content (AvgIpc) is 3.10. The van der Waals surface area contributed by atoms with E-state index in [2.05, 4.69) is 26.0 Å². The van der Waals surface area contributed by atoms with Gasteiger partial charge >= 0.3 is 19.8 Å². The summed E-state index contributed by atoms with van der Waals surface area (Å²) in [6.45, 7) is 2.18. The normalized spacial score (nSPS) is 14.1. The zero-order valence-electron chi connectivity index (χ0n) is 31.9. The second-order valence-corrected chi connectivity index (χ2v) is 15.1. The smallest absolute Gasteiger partial charge is 0.457 e. The number of aliphatic hydroxyl groups is 2. The van der Waals surface area contributed by atoms with Crippen LogP contribution in [0.15, 0.2) is 12.2 Å². The fraction of sp³-hybridized carbons (Fsp3) is 0.897. The van der Waals surface area contributed by atoms with Crippen molar-refractivity contribution >= 4 is 19.8 Å². The number of phosphoric acid groups is 1. The summed E-state index contributed by atoms with van der Waals surface area (Å²) in [4.78, 5) is 34.4. The molecule has 3 atom stereocenters. The van der Waals surface area contributed by atoms with Gasteiger partial charge in [-0.25, -0.2) is 4.57 Å². The van der Waals surface area contributed by atoms with Gasteiger partial charge in [0.05, 0.1) is 26.4 Å². The van der Waals surface area contributed by atoms with E-state index in [1.165, 1.54) is 89.9 Å². The van der Waals surface area contributed by atoms with Crippen molar-refractivity contribution in [1.29, 1.82) is 0 Å². The molecule has 296 valence electrons. The Hall–Kier alpha value is -1.29. The zero-order chi connectivity index (χ0) is 37.0. The van der Waals surface area contributed by atoms with Crippen molar-refractivity contribution < 1.29 is 47.8 Å². The molecule has 11 heteroatoms. The van der Waals surface area contributed by atoms with Crippen LogP contribution in [0.25, 0.3) is 0 Å². The van der Waals surface area contributed by atoms with Crippen LogP contribution in [0.3, 0.4) is 0 Å². The van der Waals surface area contributed by atoms with E-state index in [0.29, 0.717) is 12.8 Å². The summed E-state index contributed by atoms with van der Waals surface area (Å²) < 4.78 is 32.5. The van der Waals surface area contributed by atoms with E-state index in [0.717, 1.165) is 57.8 Å². The Balaban J connectivity index is 3.94. The van der Waals surface area contributed by atoms with Gasteiger partial charge in [-0.1, -0.05) is 148 Å². The molecular weight excluding hydrogens is 659 g/mol. The predicted molar refractivity (Wildman–Crippen MR) is 201 cm³/mol. The number of allylic oxidation sites excluding steroid dienone is 2. The Bertz CT molecular complexity index is 853. The fourth-order valence-corrected chi connectivity index (χ4v) is 6.36. The molecule has 10 nitrogen and oxygen atoms in total. The standard InChI is InChI=1S/C39H75O10P/c1-3-5-7-9-11-13-15-17-18-19-21-23-25-27-29-31-39(43)49-37(33-41)35-47-50(44,45)46-34-36(32-40)48-38(42)30-28-26-24-22-20-16-14-12-10-8-6-4-2/h12,14,36-37,40-41H,3-11,13,15-35H2,1-2H3,(H,44,45)/b14-12-. The van der Waals surface area contributed by atoms with E-state index >= 15 is 0 Å². The molecule has 0 spiro atoms. The van der Waals surface area contributed by atoms with Gasteiger partial charge in [0.1, 0.15) is 12.2 Å². The summed E-state index contributed by atoms with van der Waals surface area (Å²) in [5.41, 5.74) is 0. The van der Waals surface area contributed by atoms with Crippen LogP contribution in [-0.2, 0) is 32.7 Å². The van der Waals surface area contributed by atoms with Crippen LogP contribution >= 0.6 is 7.82 Å². The third kappa shape index (κ3) is 33.8. The van der Waals surface area contributed by atoms with Crippen molar-refractivity contribution in [1.82, 2.24) is 0 Å². The molecule has 0 aromatic heterocycles. The molecule has 0 heterocycles. The van der Waals surface area contributed by atoms with Crippen molar-refractivity contribution in [2.45, 2.75) is 199 Å². The van der Waals surface area contributed by atoms with E-state index < -0.39 is 58.4 Å². The molecular formula is C39H75O10P. The molecule has 50 heavy (non-hydrogen) atoms. The first kappa shape index (κ1) is 48.7. The molecule has 0 fully saturated rings. The quantitative estimate of drug-likeness (QED) is 0.0242. The Morgan fingerprint density at radius 3 is 1.18 bits per heavy atom. The third-order valence-electron chi connectivity index (χ3n) is 8.73. The van der Waals surface area contributed by atoms with Gasteiger partial charge in [-0.2, -0.15) is 0 Å². The highest BCUT2D eigenvalue weighted by Gasteiger charge is 2.27. The highest BCUT2D eigenvalue weighted by molar-refractivity contribution is 7.47. The number of unbranched alkanes of at least 4 members (excludes halogenated alkanes) is 22. The molecule has 0 aliphatic heterocycles. The number of ether oxygens (including phenoxy) is 2. The van der Waals surface area contributed by atoms with Gasteiger partial charge < -0.3 is 24.6 Å². The highest BCUT2D eigenvalue weighted by Crippen LogP contribution is 2.43. The number of esters is 2. The summed E-state index contributed by atoms with van der Waals surface area (Å²) in [5, 5.41) is 19.1. The summed E-state index contributed by atoms with van der Waals surface area (Å²) in [6.07, 6.45) is 31.8. The Morgan fingerprint density at radius 1 is 0.520 bits per heavy atom. The first-order valence-electron chi connectivity index (χ1n) is 20.1. The maximum Gasteiger partial charge on any atom is 0.472 e. The van der Waals surface area contributed by atoms with Gasteiger partial charge in [-0.05, 0) is 38.5 Å². The number of phosphoric ester groups is 1. The topological polar surface area (TPSA) is 149 Å². The number of carbonyl (C=O) groups excluding carboxylic acids is 2. The van der Waals surface area contributed by atoms with Crippen molar-refractivity contribution in [3.05, 3.63) is 12.2 Å². The van der Waals surface area contributed by atoms with E-state index in [9.17, 15) is 29.3 Å². The second-order valence-electron chi connectivity index (χ2n) is 13.6. The lowest BCUT2D eigenvalue weighted by Crippen LogP contribution is -2.28. The van der Waals surface area contributed by atoms with E-state index in [1.807, 2.05) is 0 Å². The summed E-state index contributed by atoms with van der Waals surface area (Å²) in [6, 6.07) is 0. The molecule has 3 N–H and O–H groups in total. The highest BCUT2D eigenvalue weighted by atomic mass is 31.2. The Morgan fingerprint density at radius 2 is 0.820 bits per heavy atom. The SMILES string of the molecule is CCCCC/C=C\CCCCCCCC(=O)OC(CO)COP(=O)(O)OCC(CO)OC(=O)CCCCCCCCCCCCCCCCC. The number of hydrogen-bond acceptors (Lipinski definition) is 9. The summed E-state index contributed by atoms with van der Waals surface area (Å²) in [5.74, 6) is -1.02. The minimum atomic E-state index is -4.63. The molecule has 0 aromatic carbocycles. The summed E-state index contributed by atoms with van der Waals surface area (Å²) >= 11 is 0. The number of carbonyl (C=O) groups is 2. The van der Waals surface area contributed by atoms with Crippen molar-refractivity contribution in [3.8, 4) is 0 Å². The molecule has 0 rings (SSSR count). The van der Waals surface area contributed by atoms with Crippen LogP contribution in [0.2, 0.25) is 0 Å².